The lowest BCUT2D eigenvalue weighted by Crippen LogP contribution is -2.32. The van der Waals surface area contributed by atoms with Crippen LogP contribution < -0.4 is 5.32 Å². The standard InChI is InChI=1S/C15H20N2O3S/c1-5-7-11(8-6-2)13(18)16-10(4)14-17-9(3)12(21-14)15(19)20/h5-6,10-11H,1-2,7-8H2,3-4H3,(H,16,18)(H,19,20). The van der Waals surface area contributed by atoms with Gasteiger partial charge in [0.05, 0.1) is 11.7 Å². The summed E-state index contributed by atoms with van der Waals surface area (Å²) in [6, 6.07) is -0.327. The van der Waals surface area contributed by atoms with Crippen molar-refractivity contribution in [3.63, 3.8) is 0 Å². The molecule has 1 unspecified atom stereocenters. The van der Waals surface area contributed by atoms with Crippen LogP contribution >= 0.6 is 11.3 Å². The van der Waals surface area contributed by atoms with Gasteiger partial charge in [0.15, 0.2) is 0 Å². The summed E-state index contributed by atoms with van der Waals surface area (Å²) >= 11 is 1.09. The zero-order valence-electron chi connectivity index (χ0n) is 12.3. The molecule has 0 saturated heterocycles. The molecule has 0 aliphatic heterocycles. The predicted molar refractivity (Wildman–Crippen MR) is 83.5 cm³/mol. The zero-order valence-corrected chi connectivity index (χ0v) is 13.1. The molecule has 1 amide bonds. The fourth-order valence-electron chi connectivity index (χ4n) is 1.91. The molecule has 0 saturated carbocycles. The van der Waals surface area contributed by atoms with Gasteiger partial charge in [0, 0.05) is 5.92 Å². The van der Waals surface area contributed by atoms with Gasteiger partial charge in [-0.1, -0.05) is 12.2 Å². The van der Waals surface area contributed by atoms with Crippen molar-refractivity contribution in [1.29, 1.82) is 0 Å². The maximum Gasteiger partial charge on any atom is 0.347 e. The second kappa shape index (κ2) is 7.73. The quantitative estimate of drug-likeness (QED) is 0.723. The minimum absolute atomic E-state index is 0.105. The van der Waals surface area contributed by atoms with Crippen molar-refractivity contribution >= 4 is 23.2 Å². The Hall–Kier alpha value is -1.95. The van der Waals surface area contributed by atoms with E-state index >= 15 is 0 Å². The highest BCUT2D eigenvalue weighted by Crippen LogP contribution is 2.24. The Labute approximate surface area is 128 Å². The Balaban J connectivity index is 2.79. The Morgan fingerprint density at radius 3 is 2.38 bits per heavy atom. The van der Waals surface area contributed by atoms with E-state index in [4.69, 9.17) is 5.11 Å². The topological polar surface area (TPSA) is 79.3 Å². The summed E-state index contributed by atoms with van der Waals surface area (Å²) in [5.41, 5.74) is 0.470. The van der Waals surface area contributed by atoms with Gasteiger partial charge in [-0.2, -0.15) is 0 Å². The Bertz CT molecular complexity index is 541. The summed E-state index contributed by atoms with van der Waals surface area (Å²) in [6.45, 7) is 10.7. The molecule has 5 nitrogen and oxygen atoms in total. The number of hydrogen-bond donors (Lipinski definition) is 2. The average Bonchev–Trinajstić information content (AvgIpc) is 2.80. The van der Waals surface area contributed by atoms with Gasteiger partial charge >= 0.3 is 5.97 Å². The summed E-state index contributed by atoms with van der Waals surface area (Å²) in [7, 11) is 0. The Kier molecular flexibility index (Phi) is 6.30. The first-order valence-electron chi connectivity index (χ1n) is 6.63. The number of carbonyl (C=O) groups is 2. The first-order chi connectivity index (χ1) is 9.90. The van der Waals surface area contributed by atoms with Crippen molar-refractivity contribution in [1.82, 2.24) is 10.3 Å². The van der Waals surface area contributed by atoms with Gasteiger partial charge in [0.2, 0.25) is 5.91 Å². The van der Waals surface area contributed by atoms with Crippen molar-refractivity contribution in [2.24, 2.45) is 5.92 Å². The van der Waals surface area contributed by atoms with Crippen LogP contribution in [0.25, 0.3) is 0 Å². The van der Waals surface area contributed by atoms with Gasteiger partial charge in [-0.3, -0.25) is 4.79 Å². The Morgan fingerprint density at radius 2 is 1.95 bits per heavy atom. The average molecular weight is 308 g/mol. The number of allylic oxidation sites excluding steroid dienone is 2. The molecular formula is C15H20N2O3S. The molecule has 1 heterocycles. The number of thiazole rings is 1. The fourth-order valence-corrected chi connectivity index (χ4v) is 2.81. The van der Waals surface area contributed by atoms with Gasteiger partial charge in [0.1, 0.15) is 9.88 Å². The number of rotatable bonds is 8. The lowest BCUT2D eigenvalue weighted by atomic mass is 10.00. The van der Waals surface area contributed by atoms with Crippen molar-refractivity contribution in [2.45, 2.75) is 32.7 Å². The largest absolute Gasteiger partial charge is 0.477 e. The van der Waals surface area contributed by atoms with E-state index in [1.807, 2.05) is 0 Å². The smallest absolute Gasteiger partial charge is 0.347 e. The summed E-state index contributed by atoms with van der Waals surface area (Å²) in [6.07, 6.45) is 4.55. The molecule has 21 heavy (non-hydrogen) atoms. The van der Waals surface area contributed by atoms with E-state index in [1.165, 1.54) is 0 Å². The number of aryl methyl sites for hydroxylation is 1. The molecule has 1 atom stereocenters. The van der Waals surface area contributed by atoms with E-state index in [-0.39, 0.29) is 22.7 Å². The molecule has 0 aliphatic carbocycles. The summed E-state index contributed by atoms with van der Waals surface area (Å²) in [5.74, 6) is -1.31. The SMILES string of the molecule is C=CCC(CC=C)C(=O)NC(C)c1nc(C)c(C(=O)O)s1. The minimum Gasteiger partial charge on any atom is -0.477 e. The molecule has 1 aromatic rings. The fraction of sp³-hybridized carbons (Fsp3) is 0.400. The number of carbonyl (C=O) groups excluding carboxylic acids is 1. The minimum atomic E-state index is -0.994. The monoisotopic (exact) mass is 308 g/mol. The molecule has 1 rings (SSSR count). The van der Waals surface area contributed by atoms with Crippen molar-refractivity contribution in [2.75, 3.05) is 0 Å². The third-order valence-electron chi connectivity index (χ3n) is 3.01. The summed E-state index contributed by atoms with van der Waals surface area (Å²) in [5, 5.41) is 12.5. The maximum atomic E-state index is 12.2. The molecule has 2 N–H and O–H groups in total. The summed E-state index contributed by atoms with van der Waals surface area (Å²) < 4.78 is 0. The van der Waals surface area contributed by atoms with Crippen LogP contribution in [0.5, 0.6) is 0 Å². The van der Waals surface area contributed by atoms with Crippen molar-refractivity contribution in [3.05, 3.63) is 40.9 Å². The zero-order chi connectivity index (χ0) is 16.0. The molecule has 0 fully saturated rings. The van der Waals surface area contributed by atoms with Gasteiger partial charge < -0.3 is 10.4 Å². The van der Waals surface area contributed by atoms with Crippen LogP contribution in [0.4, 0.5) is 0 Å². The third kappa shape index (κ3) is 4.53. The Morgan fingerprint density at radius 1 is 1.38 bits per heavy atom. The van der Waals surface area contributed by atoms with E-state index in [9.17, 15) is 9.59 Å². The molecule has 0 bridgehead atoms. The molecule has 0 aliphatic rings. The van der Waals surface area contributed by atoms with E-state index in [2.05, 4.69) is 23.5 Å². The molecule has 0 spiro atoms. The highest BCUT2D eigenvalue weighted by molar-refractivity contribution is 7.13. The molecule has 114 valence electrons. The van der Waals surface area contributed by atoms with Crippen LogP contribution in [0.3, 0.4) is 0 Å². The number of hydrogen-bond acceptors (Lipinski definition) is 4. The van der Waals surface area contributed by atoms with Crippen LogP contribution in [0.2, 0.25) is 0 Å². The van der Waals surface area contributed by atoms with E-state index < -0.39 is 5.97 Å². The van der Waals surface area contributed by atoms with E-state index in [1.54, 1.807) is 26.0 Å². The number of carboxylic acids is 1. The number of amides is 1. The number of nitrogens with zero attached hydrogens (tertiary/aromatic N) is 1. The van der Waals surface area contributed by atoms with Crippen LogP contribution in [-0.2, 0) is 4.79 Å². The second-order valence-electron chi connectivity index (χ2n) is 4.75. The number of nitrogens with one attached hydrogen (secondary N) is 1. The first kappa shape index (κ1) is 17.1. The van der Waals surface area contributed by atoms with Crippen LogP contribution in [0.15, 0.2) is 25.3 Å². The van der Waals surface area contributed by atoms with E-state index in [0.29, 0.717) is 23.5 Å². The maximum absolute atomic E-state index is 12.2. The van der Waals surface area contributed by atoms with Gasteiger partial charge in [-0.25, -0.2) is 9.78 Å². The predicted octanol–water partition coefficient (Wildman–Crippen LogP) is 3.10. The molecule has 1 aromatic heterocycles. The molecule has 0 radical (unpaired) electrons. The number of aromatic carboxylic acids is 1. The normalized spacial score (nSPS) is 12.0. The van der Waals surface area contributed by atoms with E-state index in [0.717, 1.165) is 11.3 Å². The van der Waals surface area contributed by atoms with Crippen LogP contribution in [-0.4, -0.2) is 22.0 Å². The highest BCUT2D eigenvalue weighted by Gasteiger charge is 2.22. The number of aromatic nitrogens is 1. The first-order valence-corrected chi connectivity index (χ1v) is 7.45. The van der Waals surface area contributed by atoms with Gasteiger partial charge in [-0.05, 0) is 26.7 Å². The lowest BCUT2D eigenvalue weighted by molar-refractivity contribution is -0.125. The number of carboxylic acid groups (broad SMARTS) is 1. The molecule has 6 heteroatoms. The molecular weight excluding hydrogens is 288 g/mol. The second-order valence-corrected chi connectivity index (χ2v) is 5.78. The summed E-state index contributed by atoms with van der Waals surface area (Å²) in [4.78, 5) is 27.6. The van der Waals surface area contributed by atoms with Gasteiger partial charge in [0.25, 0.3) is 0 Å². The lowest BCUT2D eigenvalue weighted by Gasteiger charge is -2.17. The van der Waals surface area contributed by atoms with Crippen molar-refractivity contribution in [3.8, 4) is 0 Å². The van der Waals surface area contributed by atoms with Crippen LogP contribution in [0, 0.1) is 12.8 Å². The van der Waals surface area contributed by atoms with Crippen molar-refractivity contribution < 1.29 is 14.7 Å². The van der Waals surface area contributed by atoms with Gasteiger partial charge in [-0.15, -0.1) is 24.5 Å². The molecule has 0 aromatic carbocycles. The van der Waals surface area contributed by atoms with Crippen LogP contribution in [0.1, 0.15) is 46.2 Å². The highest BCUT2D eigenvalue weighted by atomic mass is 32.1. The third-order valence-corrected chi connectivity index (χ3v) is 4.34.